The molecule has 1 saturated heterocycles. The smallest absolute Gasteiger partial charge is 0.234 e. The van der Waals surface area contributed by atoms with Crippen molar-refractivity contribution < 1.29 is 9.18 Å². The van der Waals surface area contributed by atoms with Gasteiger partial charge in [-0.2, -0.15) is 5.10 Å². The Balaban J connectivity index is 1.18. The molecule has 1 fully saturated rings. The lowest BCUT2D eigenvalue weighted by atomic mass is 10.00. The zero-order chi connectivity index (χ0) is 21.4. The average molecular weight is 503 g/mol. The highest BCUT2D eigenvalue weighted by Gasteiger charge is 2.44. The Labute approximate surface area is 191 Å². The maximum Gasteiger partial charge on any atom is 0.234 e. The van der Waals surface area contributed by atoms with Crippen molar-refractivity contribution in [3.63, 3.8) is 0 Å². The predicted octanol–water partition coefficient (Wildman–Crippen LogP) is 3.57. The number of thioether (sulfide) groups is 1. The molecular formula is C21H20BrFN6OS. The molecule has 2 aromatic rings. The Hall–Kier alpha value is -2.56. The van der Waals surface area contributed by atoms with Crippen LogP contribution in [0.4, 0.5) is 10.1 Å². The van der Waals surface area contributed by atoms with E-state index in [9.17, 15) is 9.18 Å². The number of hydrazone groups is 1. The summed E-state index contributed by atoms with van der Waals surface area (Å²) in [4.78, 5) is 14.4. The molecular weight excluding hydrogens is 483 g/mol. The van der Waals surface area contributed by atoms with Gasteiger partial charge in [0.25, 0.3) is 0 Å². The minimum atomic E-state index is -0.234. The van der Waals surface area contributed by atoms with Crippen LogP contribution in [-0.2, 0) is 4.79 Å². The van der Waals surface area contributed by atoms with Gasteiger partial charge in [0, 0.05) is 22.6 Å². The van der Waals surface area contributed by atoms with Crippen molar-refractivity contribution in [3.05, 3.63) is 76.8 Å². The van der Waals surface area contributed by atoms with Crippen LogP contribution in [0.3, 0.4) is 0 Å². The standard InChI is InChI=1S/C21H20BrFN6OS/c22-14-2-1-3-16(10-14)24-19(30)12-31-21-26-25-20-18-11-17(13-4-6-15(23)7-5-13)27-29(18)9-8-28(20)21/h1-10,17-18,20,25,27H,11-12H2,(H,24,30). The highest BCUT2D eigenvalue weighted by atomic mass is 79.9. The van der Waals surface area contributed by atoms with Crippen molar-refractivity contribution in [1.82, 2.24) is 20.8 Å². The first kappa shape index (κ1) is 20.3. The van der Waals surface area contributed by atoms with Gasteiger partial charge in [0.05, 0.1) is 17.8 Å². The van der Waals surface area contributed by atoms with Gasteiger partial charge in [-0.1, -0.05) is 45.9 Å². The molecule has 10 heteroatoms. The molecule has 0 bridgehead atoms. The third-order valence-corrected chi connectivity index (χ3v) is 6.88. The molecule has 3 unspecified atom stereocenters. The molecule has 160 valence electrons. The van der Waals surface area contributed by atoms with E-state index in [0.29, 0.717) is 0 Å². The summed E-state index contributed by atoms with van der Waals surface area (Å²) in [5.41, 5.74) is 8.48. The maximum atomic E-state index is 13.3. The summed E-state index contributed by atoms with van der Waals surface area (Å²) >= 11 is 4.80. The lowest BCUT2D eigenvalue weighted by Crippen LogP contribution is -2.54. The molecule has 7 nitrogen and oxygen atoms in total. The van der Waals surface area contributed by atoms with Crippen LogP contribution in [0, 0.1) is 5.82 Å². The van der Waals surface area contributed by atoms with E-state index in [2.05, 4.69) is 47.1 Å². The van der Waals surface area contributed by atoms with Crippen LogP contribution >= 0.6 is 27.7 Å². The topological polar surface area (TPSA) is 72.0 Å². The number of hydrogen-bond acceptors (Lipinski definition) is 7. The number of benzene rings is 2. The van der Waals surface area contributed by atoms with E-state index < -0.39 is 0 Å². The highest BCUT2D eigenvalue weighted by molar-refractivity contribution is 9.10. The lowest BCUT2D eigenvalue weighted by molar-refractivity contribution is -0.113. The van der Waals surface area contributed by atoms with Crippen molar-refractivity contribution in [2.45, 2.75) is 24.7 Å². The Kier molecular flexibility index (Phi) is 5.59. The van der Waals surface area contributed by atoms with Crippen LogP contribution in [0.5, 0.6) is 0 Å². The summed E-state index contributed by atoms with van der Waals surface area (Å²) in [5, 5.41) is 10.2. The van der Waals surface area contributed by atoms with Gasteiger partial charge < -0.3 is 15.2 Å². The molecule has 31 heavy (non-hydrogen) atoms. The number of fused-ring (bicyclic) bond motifs is 3. The SMILES string of the molecule is O=C(CSC1=NNC2C3CC(c4ccc(F)cc4)NN3C=CN12)Nc1cccc(Br)c1. The number of amidine groups is 1. The normalized spacial score (nSPS) is 23.8. The van der Waals surface area contributed by atoms with E-state index in [1.54, 1.807) is 0 Å². The molecule has 1 amide bonds. The van der Waals surface area contributed by atoms with Gasteiger partial charge >= 0.3 is 0 Å². The Morgan fingerprint density at radius 2 is 2.10 bits per heavy atom. The molecule has 3 N–H and O–H groups in total. The van der Waals surface area contributed by atoms with Crippen LogP contribution in [0.15, 0.2) is 70.5 Å². The predicted molar refractivity (Wildman–Crippen MR) is 123 cm³/mol. The minimum absolute atomic E-state index is 0.0291. The fraction of sp³-hybridized carbons (Fsp3) is 0.238. The monoisotopic (exact) mass is 502 g/mol. The van der Waals surface area contributed by atoms with Gasteiger partial charge in [0.2, 0.25) is 5.91 Å². The van der Waals surface area contributed by atoms with Gasteiger partial charge in [-0.3, -0.25) is 10.2 Å². The summed E-state index contributed by atoms with van der Waals surface area (Å²) < 4.78 is 14.2. The number of anilines is 1. The summed E-state index contributed by atoms with van der Waals surface area (Å²) in [7, 11) is 0. The van der Waals surface area contributed by atoms with Gasteiger partial charge in [-0.15, -0.1) is 0 Å². The van der Waals surface area contributed by atoms with Crippen LogP contribution in [0.25, 0.3) is 0 Å². The van der Waals surface area contributed by atoms with E-state index in [4.69, 9.17) is 0 Å². The minimum Gasteiger partial charge on any atom is -0.325 e. The zero-order valence-corrected chi connectivity index (χ0v) is 18.7. The fourth-order valence-corrected chi connectivity index (χ4v) is 5.13. The third kappa shape index (κ3) is 4.28. The van der Waals surface area contributed by atoms with Crippen LogP contribution < -0.4 is 16.2 Å². The maximum absolute atomic E-state index is 13.3. The molecule has 0 spiro atoms. The molecule has 3 heterocycles. The zero-order valence-electron chi connectivity index (χ0n) is 16.3. The van der Waals surface area contributed by atoms with Gasteiger partial charge in [0.15, 0.2) is 5.17 Å². The number of carbonyl (C=O) groups is 1. The van der Waals surface area contributed by atoms with Gasteiger partial charge in [0.1, 0.15) is 12.0 Å². The number of halogens is 2. The molecule has 0 radical (unpaired) electrons. The molecule has 0 aliphatic carbocycles. The number of amides is 1. The molecule has 3 aliphatic rings. The molecule has 3 aliphatic heterocycles. The first-order valence-electron chi connectivity index (χ1n) is 9.85. The van der Waals surface area contributed by atoms with E-state index in [-0.39, 0.29) is 35.7 Å². The van der Waals surface area contributed by atoms with Crippen molar-refractivity contribution in [1.29, 1.82) is 0 Å². The average Bonchev–Trinajstić information content (AvgIpc) is 3.36. The Bertz CT molecular complexity index is 1050. The number of hydrogen-bond donors (Lipinski definition) is 3. The quantitative estimate of drug-likeness (QED) is 0.593. The van der Waals surface area contributed by atoms with Crippen molar-refractivity contribution in [3.8, 4) is 0 Å². The van der Waals surface area contributed by atoms with Crippen molar-refractivity contribution >= 4 is 44.5 Å². The summed E-state index contributed by atoms with van der Waals surface area (Å²) in [6.45, 7) is 0. The molecule has 2 aromatic carbocycles. The van der Waals surface area contributed by atoms with Crippen LogP contribution in [0.1, 0.15) is 18.0 Å². The third-order valence-electron chi connectivity index (χ3n) is 5.42. The summed E-state index contributed by atoms with van der Waals surface area (Å²) in [6, 6.07) is 14.4. The first-order chi connectivity index (χ1) is 15.1. The number of hydrazine groups is 1. The number of nitrogens with one attached hydrogen (secondary N) is 3. The lowest BCUT2D eigenvalue weighted by Gasteiger charge is -2.36. The van der Waals surface area contributed by atoms with E-state index in [0.717, 1.165) is 27.3 Å². The molecule has 0 aromatic heterocycles. The number of nitrogens with zero attached hydrogens (tertiary/aromatic N) is 3. The highest BCUT2D eigenvalue weighted by Crippen LogP contribution is 2.35. The summed E-state index contributed by atoms with van der Waals surface area (Å²) in [5.74, 6) is -0.0627. The Morgan fingerprint density at radius 3 is 2.90 bits per heavy atom. The van der Waals surface area contributed by atoms with Crippen molar-refractivity contribution in [2.24, 2.45) is 5.10 Å². The van der Waals surface area contributed by atoms with E-state index in [1.807, 2.05) is 48.8 Å². The fourth-order valence-electron chi connectivity index (χ4n) is 3.96. The van der Waals surface area contributed by atoms with Gasteiger partial charge in [-0.05, 0) is 42.3 Å². The molecule has 3 atom stereocenters. The second-order valence-electron chi connectivity index (χ2n) is 7.46. The number of carbonyl (C=O) groups excluding carboxylic acids is 1. The molecule has 5 rings (SSSR count). The number of rotatable bonds is 4. The largest absolute Gasteiger partial charge is 0.325 e. The summed E-state index contributed by atoms with van der Waals surface area (Å²) in [6.07, 6.45) is 4.76. The second kappa shape index (κ2) is 8.52. The van der Waals surface area contributed by atoms with Crippen LogP contribution in [0.2, 0.25) is 0 Å². The van der Waals surface area contributed by atoms with E-state index in [1.165, 1.54) is 23.9 Å². The van der Waals surface area contributed by atoms with E-state index >= 15 is 0 Å². The second-order valence-corrected chi connectivity index (χ2v) is 9.32. The first-order valence-corrected chi connectivity index (χ1v) is 11.6. The molecule has 0 saturated carbocycles. The van der Waals surface area contributed by atoms with Crippen LogP contribution in [-0.4, -0.2) is 38.9 Å². The van der Waals surface area contributed by atoms with Gasteiger partial charge in [-0.25, -0.2) is 9.82 Å². The Morgan fingerprint density at radius 1 is 1.26 bits per heavy atom. The van der Waals surface area contributed by atoms with Crippen molar-refractivity contribution in [2.75, 3.05) is 11.1 Å².